The Morgan fingerprint density at radius 2 is 1.71 bits per heavy atom. The normalized spacial score (nSPS) is 10.3. The van der Waals surface area contributed by atoms with Gasteiger partial charge in [-0.1, -0.05) is 42.5 Å². The van der Waals surface area contributed by atoms with E-state index in [1.54, 1.807) is 31.2 Å². The molecule has 0 radical (unpaired) electrons. The van der Waals surface area contributed by atoms with Crippen LogP contribution in [0, 0.1) is 0 Å². The number of hydrogen-bond donors (Lipinski definition) is 2. The molecule has 0 saturated heterocycles. The molecule has 0 saturated carbocycles. The Labute approximate surface area is 164 Å². The number of aromatic nitrogens is 1. The van der Waals surface area contributed by atoms with Crippen molar-refractivity contribution in [3.63, 3.8) is 0 Å². The van der Waals surface area contributed by atoms with Gasteiger partial charge in [0.25, 0.3) is 0 Å². The summed E-state index contributed by atoms with van der Waals surface area (Å²) in [4.78, 5) is 24.3. The van der Waals surface area contributed by atoms with Crippen LogP contribution in [0.25, 0.3) is 0 Å². The maximum Gasteiger partial charge on any atom is 0.340 e. The van der Waals surface area contributed by atoms with Gasteiger partial charge in [0.05, 0.1) is 24.4 Å². The highest BCUT2D eigenvalue weighted by atomic mass is 16.5. The van der Waals surface area contributed by atoms with Crippen LogP contribution in [0.2, 0.25) is 0 Å². The van der Waals surface area contributed by atoms with Gasteiger partial charge in [0, 0.05) is 18.4 Å². The first-order valence-corrected chi connectivity index (χ1v) is 9.16. The number of carbonyl (C=O) groups excluding carboxylic acids is 2. The van der Waals surface area contributed by atoms with E-state index in [1.807, 2.05) is 36.5 Å². The van der Waals surface area contributed by atoms with Crippen molar-refractivity contribution >= 4 is 17.7 Å². The summed E-state index contributed by atoms with van der Waals surface area (Å²) >= 11 is 0. The predicted molar refractivity (Wildman–Crippen MR) is 108 cm³/mol. The summed E-state index contributed by atoms with van der Waals surface area (Å²) in [6, 6.07) is 20.4. The molecule has 2 N–H and O–H groups in total. The molecule has 0 aliphatic rings. The molecule has 3 rings (SSSR count). The summed E-state index contributed by atoms with van der Waals surface area (Å²) < 4.78 is 7.11. The monoisotopic (exact) mass is 377 g/mol. The van der Waals surface area contributed by atoms with Crippen molar-refractivity contribution in [2.45, 2.75) is 20.0 Å². The molecule has 2 aromatic carbocycles. The van der Waals surface area contributed by atoms with Gasteiger partial charge in [0.1, 0.15) is 0 Å². The lowest BCUT2D eigenvalue weighted by molar-refractivity contribution is 0.0527. The van der Waals surface area contributed by atoms with Crippen LogP contribution in [0.4, 0.5) is 10.5 Å². The fourth-order valence-electron chi connectivity index (χ4n) is 2.86. The molecular formula is C22H23N3O3. The first kappa shape index (κ1) is 19.2. The molecule has 0 aliphatic carbocycles. The Balaban J connectivity index is 1.60. The zero-order chi connectivity index (χ0) is 19.8. The first-order chi connectivity index (χ1) is 13.7. The number of urea groups is 1. The number of esters is 1. The molecule has 3 aromatic rings. The Hall–Kier alpha value is -3.54. The number of ether oxygens (including phenoxy) is 1. The Bertz CT molecular complexity index is 935. The summed E-state index contributed by atoms with van der Waals surface area (Å²) in [5.74, 6) is -0.463. The fourth-order valence-corrected chi connectivity index (χ4v) is 2.86. The maximum atomic E-state index is 12.3. The summed E-state index contributed by atoms with van der Waals surface area (Å²) in [6.45, 7) is 3.12. The highest BCUT2D eigenvalue weighted by molar-refractivity contribution is 6.00. The highest BCUT2D eigenvalue weighted by Crippen LogP contribution is 2.16. The minimum Gasteiger partial charge on any atom is -0.462 e. The van der Waals surface area contributed by atoms with E-state index < -0.39 is 5.97 Å². The number of amides is 2. The van der Waals surface area contributed by atoms with Gasteiger partial charge in [-0.25, -0.2) is 9.59 Å². The third kappa shape index (κ3) is 5.01. The van der Waals surface area contributed by atoms with Gasteiger partial charge < -0.3 is 19.9 Å². The number of rotatable bonds is 7. The Morgan fingerprint density at radius 3 is 2.50 bits per heavy atom. The second-order valence-corrected chi connectivity index (χ2v) is 6.19. The van der Waals surface area contributed by atoms with Gasteiger partial charge in [0.2, 0.25) is 0 Å². The smallest absolute Gasteiger partial charge is 0.340 e. The molecule has 0 unspecified atom stereocenters. The largest absolute Gasteiger partial charge is 0.462 e. The van der Waals surface area contributed by atoms with Gasteiger partial charge >= 0.3 is 12.0 Å². The number of nitrogens with zero attached hydrogens (tertiary/aromatic N) is 1. The predicted octanol–water partition coefficient (Wildman–Crippen LogP) is 4.03. The number of para-hydroxylation sites is 1. The lowest BCUT2D eigenvalue weighted by Crippen LogP contribution is -2.29. The molecule has 0 fully saturated rings. The zero-order valence-electron chi connectivity index (χ0n) is 15.7. The molecule has 0 spiro atoms. The van der Waals surface area contributed by atoms with Crippen LogP contribution in [0.15, 0.2) is 72.9 Å². The molecule has 0 atom stereocenters. The van der Waals surface area contributed by atoms with Crippen molar-refractivity contribution in [1.82, 2.24) is 9.88 Å². The standard InChI is InChI=1S/C22H23N3O3/c1-2-28-21(26)19-12-6-7-13-20(19)24-22(27)23-15-18-11-8-14-25(18)16-17-9-4-3-5-10-17/h3-14H,2,15-16H2,1H3,(H2,23,24,27). The summed E-state index contributed by atoms with van der Waals surface area (Å²) in [6.07, 6.45) is 1.98. The van der Waals surface area contributed by atoms with Crippen LogP contribution in [-0.4, -0.2) is 23.2 Å². The molecular weight excluding hydrogens is 354 g/mol. The minimum atomic E-state index is -0.463. The number of carbonyl (C=O) groups is 2. The van der Waals surface area contributed by atoms with Gasteiger partial charge in [-0.3, -0.25) is 0 Å². The van der Waals surface area contributed by atoms with E-state index >= 15 is 0 Å². The van der Waals surface area contributed by atoms with Gasteiger partial charge in [-0.2, -0.15) is 0 Å². The van der Waals surface area contributed by atoms with Crippen LogP contribution < -0.4 is 10.6 Å². The number of hydrogen-bond acceptors (Lipinski definition) is 3. The van der Waals surface area contributed by atoms with Crippen molar-refractivity contribution in [2.75, 3.05) is 11.9 Å². The second-order valence-electron chi connectivity index (χ2n) is 6.19. The van der Waals surface area contributed by atoms with E-state index in [4.69, 9.17) is 4.74 Å². The van der Waals surface area contributed by atoms with Gasteiger partial charge in [-0.05, 0) is 36.8 Å². The number of nitrogens with one attached hydrogen (secondary N) is 2. The minimum absolute atomic E-state index is 0.276. The lowest BCUT2D eigenvalue weighted by Gasteiger charge is -2.13. The lowest BCUT2D eigenvalue weighted by atomic mass is 10.2. The number of benzene rings is 2. The fraction of sp³-hybridized carbons (Fsp3) is 0.182. The van der Waals surface area contributed by atoms with Gasteiger partial charge in [-0.15, -0.1) is 0 Å². The van der Waals surface area contributed by atoms with E-state index in [1.165, 1.54) is 5.56 Å². The summed E-state index contributed by atoms with van der Waals surface area (Å²) in [5, 5.41) is 5.56. The SMILES string of the molecule is CCOC(=O)c1ccccc1NC(=O)NCc1cccn1Cc1ccccc1. The van der Waals surface area contributed by atoms with Crippen LogP contribution in [0.1, 0.15) is 28.5 Å². The van der Waals surface area contributed by atoms with E-state index in [9.17, 15) is 9.59 Å². The molecule has 144 valence electrons. The van der Waals surface area contributed by atoms with E-state index in [-0.39, 0.29) is 12.6 Å². The van der Waals surface area contributed by atoms with Crippen molar-refractivity contribution in [3.05, 3.63) is 89.7 Å². The molecule has 0 bridgehead atoms. The quantitative estimate of drug-likeness (QED) is 0.611. The molecule has 0 aliphatic heterocycles. The summed E-state index contributed by atoms with van der Waals surface area (Å²) in [7, 11) is 0. The third-order valence-corrected chi connectivity index (χ3v) is 4.22. The maximum absolute atomic E-state index is 12.3. The van der Waals surface area contributed by atoms with E-state index in [0.29, 0.717) is 17.8 Å². The van der Waals surface area contributed by atoms with Crippen molar-refractivity contribution in [1.29, 1.82) is 0 Å². The van der Waals surface area contributed by atoms with Crippen molar-refractivity contribution in [2.24, 2.45) is 0 Å². The molecule has 6 heteroatoms. The van der Waals surface area contributed by atoms with Crippen molar-refractivity contribution < 1.29 is 14.3 Å². The van der Waals surface area contributed by atoms with E-state index in [0.717, 1.165) is 12.2 Å². The van der Waals surface area contributed by atoms with Crippen molar-refractivity contribution in [3.8, 4) is 0 Å². The average Bonchev–Trinajstić information content (AvgIpc) is 3.15. The zero-order valence-corrected chi connectivity index (χ0v) is 15.7. The topological polar surface area (TPSA) is 72.4 Å². The molecule has 1 heterocycles. The van der Waals surface area contributed by atoms with Crippen LogP contribution in [0.3, 0.4) is 0 Å². The molecule has 28 heavy (non-hydrogen) atoms. The Morgan fingerprint density at radius 1 is 0.964 bits per heavy atom. The third-order valence-electron chi connectivity index (χ3n) is 4.22. The molecule has 1 aromatic heterocycles. The van der Waals surface area contributed by atoms with Gasteiger partial charge in [0.15, 0.2) is 0 Å². The second kappa shape index (κ2) is 9.41. The molecule has 6 nitrogen and oxygen atoms in total. The first-order valence-electron chi connectivity index (χ1n) is 9.16. The highest BCUT2D eigenvalue weighted by Gasteiger charge is 2.14. The molecule has 2 amide bonds. The summed E-state index contributed by atoms with van der Waals surface area (Å²) in [5.41, 5.74) is 2.91. The average molecular weight is 377 g/mol. The van der Waals surface area contributed by atoms with Crippen LogP contribution >= 0.6 is 0 Å². The van der Waals surface area contributed by atoms with E-state index in [2.05, 4.69) is 27.3 Å². The van der Waals surface area contributed by atoms with Crippen LogP contribution in [0.5, 0.6) is 0 Å². The Kier molecular flexibility index (Phi) is 6.46. The number of anilines is 1. The van der Waals surface area contributed by atoms with Crippen LogP contribution in [-0.2, 0) is 17.8 Å².